The lowest BCUT2D eigenvalue weighted by atomic mass is 10.1. The number of carbonyl (C=O) groups excluding carboxylic acids is 2. The van der Waals surface area contributed by atoms with E-state index < -0.39 is 17.7 Å². The molecule has 0 spiro atoms. The van der Waals surface area contributed by atoms with Gasteiger partial charge in [0.1, 0.15) is 16.3 Å². The third kappa shape index (κ3) is 4.20. The molecule has 2 aromatic heterocycles. The minimum Gasteiger partial charge on any atom is -0.481 e. The second-order valence-electron chi connectivity index (χ2n) is 7.44. The first kappa shape index (κ1) is 21.1. The van der Waals surface area contributed by atoms with Gasteiger partial charge in [0.2, 0.25) is 0 Å². The molecular formula is C23H23NO6S. The molecule has 4 rings (SSSR count). The number of fused-ring (bicyclic) bond motifs is 2. The summed E-state index contributed by atoms with van der Waals surface area (Å²) in [7, 11) is 0. The van der Waals surface area contributed by atoms with Gasteiger partial charge < -0.3 is 19.2 Å². The van der Waals surface area contributed by atoms with Crippen LogP contribution in [0, 0.1) is 6.92 Å². The molecule has 0 saturated heterocycles. The summed E-state index contributed by atoms with van der Waals surface area (Å²) in [5.41, 5.74) is 2.20. The molecule has 0 saturated carbocycles. The monoisotopic (exact) mass is 441 g/mol. The Labute approximate surface area is 183 Å². The van der Waals surface area contributed by atoms with Gasteiger partial charge in [0.15, 0.2) is 6.10 Å². The van der Waals surface area contributed by atoms with Crippen molar-refractivity contribution in [1.82, 2.24) is 0 Å². The molecule has 1 atom stereocenters. The zero-order valence-corrected chi connectivity index (χ0v) is 18.4. The van der Waals surface area contributed by atoms with Gasteiger partial charge in [-0.05, 0) is 63.3 Å². The molecule has 1 unspecified atom stereocenters. The lowest BCUT2D eigenvalue weighted by molar-refractivity contribution is -0.122. The van der Waals surface area contributed by atoms with Crippen molar-refractivity contribution in [3.05, 3.63) is 56.3 Å². The first-order valence-corrected chi connectivity index (χ1v) is 11.0. The minimum atomic E-state index is -0.832. The maximum Gasteiger partial charge on any atom is 0.341 e. The van der Waals surface area contributed by atoms with Crippen LogP contribution in [0.25, 0.3) is 11.0 Å². The predicted molar refractivity (Wildman–Crippen MR) is 118 cm³/mol. The molecule has 8 heteroatoms. The van der Waals surface area contributed by atoms with Crippen molar-refractivity contribution in [2.24, 2.45) is 0 Å². The van der Waals surface area contributed by atoms with Crippen LogP contribution in [0.2, 0.25) is 0 Å². The number of anilines is 1. The summed E-state index contributed by atoms with van der Waals surface area (Å²) >= 11 is 1.42. The van der Waals surface area contributed by atoms with E-state index in [9.17, 15) is 14.4 Å². The van der Waals surface area contributed by atoms with Crippen LogP contribution in [0.15, 0.2) is 33.5 Å². The Hall–Kier alpha value is -3.13. The van der Waals surface area contributed by atoms with Crippen LogP contribution in [-0.4, -0.2) is 24.6 Å². The molecule has 0 aliphatic heterocycles. The summed E-state index contributed by atoms with van der Waals surface area (Å²) in [4.78, 5) is 38.0. The quantitative estimate of drug-likeness (QED) is 0.454. The highest BCUT2D eigenvalue weighted by Crippen LogP contribution is 2.39. The van der Waals surface area contributed by atoms with Crippen LogP contribution in [0.4, 0.5) is 5.00 Å². The fourth-order valence-electron chi connectivity index (χ4n) is 3.76. The van der Waals surface area contributed by atoms with Gasteiger partial charge in [-0.3, -0.25) is 4.79 Å². The molecule has 7 nitrogen and oxygen atoms in total. The Bertz CT molecular complexity index is 1220. The molecule has 1 N–H and O–H groups in total. The number of hydrogen-bond donors (Lipinski definition) is 1. The van der Waals surface area contributed by atoms with Gasteiger partial charge in [0.25, 0.3) is 5.91 Å². The van der Waals surface area contributed by atoms with Gasteiger partial charge >= 0.3 is 11.6 Å². The maximum absolute atomic E-state index is 12.8. The van der Waals surface area contributed by atoms with E-state index in [0.717, 1.165) is 40.7 Å². The third-order valence-corrected chi connectivity index (χ3v) is 6.45. The van der Waals surface area contributed by atoms with Gasteiger partial charge in [-0.15, -0.1) is 11.3 Å². The fourth-order valence-corrected chi connectivity index (χ4v) is 5.04. The van der Waals surface area contributed by atoms with Gasteiger partial charge in [-0.2, -0.15) is 0 Å². The van der Waals surface area contributed by atoms with Crippen molar-refractivity contribution in [2.45, 2.75) is 46.1 Å². The number of hydrogen-bond acceptors (Lipinski definition) is 7. The summed E-state index contributed by atoms with van der Waals surface area (Å²) in [5, 5.41) is 4.14. The molecule has 1 aliphatic rings. The molecule has 2 heterocycles. The molecule has 31 heavy (non-hydrogen) atoms. The standard InChI is InChI=1S/C23H23NO6S/c1-4-28-23(27)20-16-6-5-7-18(16)31-22(20)24-21(26)13(3)29-14-8-9-15-12(2)10-19(25)30-17(15)11-14/h8-11,13H,4-7H2,1-3H3,(H,24,26). The van der Waals surface area contributed by atoms with E-state index in [-0.39, 0.29) is 12.5 Å². The SMILES string of the molecule is CCOC(=O)c1c(NC(=O)C(C)Oc2ccc3c(C)cc(=O)oc3c2)sc2c1CCC2. The average molecular weight is 442 g/mol. The molecule has 162 valence electrons. The smallest absolute Gasteiger partial charge is 0.341 e. The van der Waals surface area contributed by atoms with Gasteiger partial charge in [0.05, 0.1) is 12.2 Å². The number of benzene rings is 1. The molecule has 0 bridgehead atoms. The molecule has 1 amide bonds. The number of ether oxygens (including phenoxy) is 2. The molecule has 1 aromatic carbocycles. The lowest BCUT2D eigenvalue weighted by Crippen LogP contribution is -2.30. The molecular weight excluding hydrogens is 418 g/mol. The summed E-state index contributed by atoms with van der Waals surface area (Å²) < 4.78 is 16.2. The molecule has 1 aliphatic carbocycles. The maximum atomic E-state index is 12.8. The zero-order valence-electron chi connectivity index (χ0n) is 17.6. The largest absolute Gasteiger partial charge is 0.481 e. The van der Waals surface area contributed by atoms with E-state index in [2.05, 4.69) is 5.32 Å². The highest BCUT2D eigenvalue weighted by molar-refractivity contribution is 7.17. The van der Waals surface area contributed by atoms with Crippen molar-refractivity contribution in [3.8, 4) is 5.75 Å². The summed E-state index contributed by atoms with van der Waals surface area (Å²) in [6, 6.07) is 6.54. The van der Waals surface area contributed by atoms with Crippen molar-refractivity contribution < 1.29 is 23.5 Å². The van der Waals surface area contributed by atoms with Gasteiger partial charge in [0, 0.05) is 22.4 Å². The Balaban J connectivity index is 1.53. The van der Waals surface area contributed by atoms with Crippen molar-refractivity contribution in [1.29, 1.82) is 0 Å². The average Bonchev–Trinajstić information content (AvgIpc) is 3.28. The van der Waals surface area contributed by atoms with E-state index >= 15 is 0 Å². The van der Waals surface area contributed by atoms with Crippen molar-refractivity contribution in [2.75, 3.05) is 11.9 Å². The van der Waals surface area contributed by atoms with E-state index in [1.54, 1.807) is 32.0 Å². The number of rotatable bonds is 6. The number of thiophene rings is 1. The minimum absolute atomic E-state index is 0.272. The number of aryl methyl sites for hydroxylation is 2. The first-order chi connectivity index (χ1) is 14.9. The highest BCUT2D eigenvalue weighted by atomic mass is 32.1. The second-order valence-corrected chi connectivity index (χ2v) is 8.54. The number of nitrogens with one attached hydrogen (secondary N) is 1. The van der Waals surface area contributed by atoms with Crippen LogP contribution in [0.3, 0.4) is 0 Å². The van der Waals surface area contributed by atoms with Crippen LogP contribution >= 0.6 is 11.3 Å². The van der Waals surface area contributed by atoms with E-state index in [1.165, 1.54) is 17.4 Å². The second kappa shape index (κ2) is 8.55. The summed E-state index contributed by atoms with van der Waals surface area (Å²) in [5.74, 6) is -0.384. The Morgan fingerprint density at radius 3 is 2.84 bits per heavy atom. The Morgan fingerprint density at radius 1 is 1.26 bits per heavy atom. The summed E-state index contributed by atoms with van der Waals surface area (Å²) in [6.07, 6.45) is 1.87. The summed E-state index contributed by atoms with van der Waals surface area (Å²) in [6.45, 7) is 5.48. The van der Waals surface area contributed by atoms with E-state index in [4.69, 9.17) is 13.9 Å². The van der Waals surface area contributed by atoms with E-state index in [0.29, 0.717) is 21.9 Å². The van der Waals surface area contributed by atoms with Crippen LogP contribution < -0.4 is 15.7 Å². The number of carbonyl (C=O) groups is 2. The molecule has 0 radical (unpaired) electrons. The molecule has 0 fully saturated rings. The fraction of sp³-hybridized carbons (Fsp3) is 0.348. The van der Waals surface area contributed by atoms with Crippen molar-refractivity contribution >= 4 is 39.2 Å². The van der Waals surface area contributed by atoms with Crippen LogP contribution in [-0.2, 0) is 22.4 Å². The lowest BCUT2D eigenvalue weighted by Gasteiger charge is -2.15. The van der Waals surface area contributed by atoms with E-state index in [1.807, 2.05) is 6.92 Å². The Morgan fingerprint density at radius 2 is 2.06 bits per heavy atom. The highest BCUT2D eigenvalue weighted by Gasteiger charge is 2.29. The van der Waals surface area contributed by atoms with Crippen molar-refractivity contribution in [3.63, 3.8) is 0 Å². The number of amides is 1. The van der Waals surface area contributed by atoms with Crippen LogP contribution in [0.5, 0.6) is 5.75 Å². The number of esters is 1. The normalized spacial score (nSPS) is 13.6. The van der Waals surface area contributed by atoms with Crippen LogP contribution in [0.1, 0.15) is 46.6 Å². The Kier molecular flexibility index (Phi) is 5.82. The first-order valence-electron chi connectivity index (χ1n) is 10.2. The third-order valence-electron chi connectivity index (χ3n) is 5.24. The van der Waals surface area contributed by atoms with Gasteiger partial charge in [-0.1, -0.05) is 0 Å². The topological polar surface area (TPSA) is 94.8 Å². The zero-order chi connectivity index (χ0) is 22.1. The van der Waals surface area contributed by atoms with Gasteiger partial charge in [-0.25, -0.2) is 9.59 Å². The predicted octanol–water partition coefficient (Wildman–Crippen LogP) is 4.23. The molecule has 3 aromatic rings.